The average Bonchev–Trinajstić information content (AvgIpc) is 2.39. The van der Waals surface area contributed by atoms with Gasteiger partial charge in [0.1, 0.15) is 6.07 Å². The highest BCUT2D eigenvalue weighted by molar-refractivity contribution is 6.31. The third kappa shape index (κ3) is 3.00. The van der Waals surface area contributed by atoms with Gasteiger partial charge in [-0.2, -0.15) is 5.26 Å². The van der Waals surface area contributed by atoms with E-state index in [1.54, 1.807) is 30.3 Å². The Hall–Kier alpha value is -2.58. The molecule has 0 radical (unpaired) electrons. The third-order valence-corrected chi connectivity index (χ3v) is 2.72. The monoisotopic (exact) mass is 273 g/mol. The molecule has 0 saturated heterocycles. The van der Waals surface area contributed by atoms with Crippen LogP contribution in [-0.4, -0.2) is 16.2 Å². The van der Waals surface area contributed by atoms with Gasteiger partial charge in [0.25, 0.3) is 0 Å². The second-order valence-corrected chi connectivity index (χ2v) is 4.08. The van der Waals surface area contributed by atoms with Crippen molar-refractivity contribution in [1.29, 1.82) is 5.26 Å². The van der Waals surface area contributed by atoms with Gasteiger partial charge in [0, 0.05) is 17.4 Å². The molecule has 1 aromatic carbocycles. The molecule has 5 nitrogen and oxygen atoms in total. The standard InChI is InChI=1S/C13H8ClN3O2/c14-11-5-12(16-7-9(11)6-15)8-1-3-10(4-2-8)17-13(18)19/h1-5,7,17H,(H,18,19). The van der Waals surface area contributed by atoms with Crippen LogP contribution in [-0.2, 0) is 0 Å². The number of rotatable bonds is 2. The summed E-state index contributed by atoms with van der Waals surface area (Å²) >= 11 is 5.93. The zero-order chi connectivity index (χ0) is 13.8. The lowest BCUT2D eigenvalue weighted by Crippen LogP contribution is -2.06. The van der Waals surface area contributed by atoms with E-state index in [4.69, 9.17) is 22.0 Å². The highest BCUT2D eigenvalue weighted by Gasteiger charge is 2.05. The van der Waals surface area contributed by atoms with Gasteiger partial charge < -0.3 is 5.11 Å². The Labute approximate surface area is 114 Å². The van der Waals surface area contributed by atoms with Crippen molar-refractivity contribution in [2.45, 2.75) is 0 Å². The molecule has 0 saturated carbocycles. The molecule has 1 amide bonds. The summed E-state index contributed by atoms with van der Waals surface area (Å²) in [5.41, 5.74) is 2.18. The van der Waals surface area contributed by atoms with E-state index in [9.17, 15) is 4.79 Å². The summed E-state index contributed by atoms with van der Waals surface area (Å²) in [5.74, 6) is 0. The molecule has 0 aliphatic rings. The molecular weight excluding hydrogens is 266 g/mol. The van der Waals surface area contributed by atoms with Gasteiger partial charge in [0.2, 0.25) is 0 Å². The lowest BCUT2D eigenvalue weighted by Gasteiger charge is -2.04. The minimum absolute atomic E-state index is 0.314. The number of anilines is 1. The van der Waals surface area contributed by atoms with E-state index < -0.39 is 6.09 Å². The quantitative estimate of drug-likeness (QED) is 0.878. The topological polar surface area (TPSA) is 86.0 Å². The number of benzene rings is 1. The third-order valence-electron chi connectivity index (χ3n) is 2.41. The Morgan fingerprint density at radius 1 is 1.37 bits per heavy atom. The van der Waals surface area contributed by atoms with Crippen molar-refractivity contribution in [2.75, 3.05) is 5.32 Å². The SMILES string of the molecule is N#Cc1cnc(-c2ccc(NC(=O)O)cc2)cc1Cl. The van der Waals surface area contributed by atoms with Gasteiger partial charge in [-0.25, -0.2) is 4.79 Å². The van der Waals surface area contributed by atoms with Crippen molar-refractivity contribution in [3.05, 3.63) is 47.1 Å². The summed E-state index contributed by atoms with van der Waals surface area (Å²) in [6.07, 6.45) is 0.286. The van der Waals surface area contributed by atoms with Crippen LogP contribution >= 0.6 is 11.6 Å². The zero-order valence-corrected chi connectivity index (χ0v) is 10.3. The molecule has 6 heteroatoms. The lowest BCUT2D eigenvalue weighted by atomic mass is 10.1. The van der Waals surface area contributed by atoms with Crippen LogP contribution in [0.2, 0.25) is 5.02 Å². The maximum absolute atomic E-state index is 10.5. The molecule has 2 N–H and O–H groups in total. The van der Waals surface area contributed by atoms with Crippen LogP contribution < -0.4 is 5.32 Å². The number of nitrogens with one attached hydrogen (secondary N) is 1. The molecule has 94 valence electrons. The van der Waals surface area contributed by atoms with Crippen LogP contribution in [0, 0.1) is 11.3 Å². The van der Waals surface area contributed by atoms with Gasteiger partial charge in [-0.15, -0.1) is 0 Å². The number of nitrogens with zero attached hydrogens (tertiary/aromatic N) is 2. The maximum Gasteiger partial charge on any atom is 0.409 e. The highest BCUT2D eigenvalue weighted by Crippen LogP contribution is 2.24. The van der Waals surface area contributed by atoms with Gasteiger partial charge in [0.15, 0.2) is 0 Å². The average molecular weight is 274 g/mol. The summed E-state index contributed by atoms with van der Waals surface area (Å²) in [5, 5.41) is 19.9. The molecule has 0 aliphatic heterocycles. The van der Waals surface area contributed by atoms with E-state index in [-0.39, 0.29) is 0 Å². The molecule has 1 aromatic heterocycles. The van der Waals surface area contributed by atoms with Gasteiger partial charge in [-0.3, -0.25) is 10.3 Å². The molecular formula is C13H8ClN3O2. The number of nitriles is 1. The fourth-order valence-electron chi connectivity index (χ4n) is 1.52. The van der Waals surface area contributed by atoms with Crippen LogP contribution in [0.25, 0.3) is 11.3 Å². The van der Waals surface area contributed by atoms with Crippen molar-refractivity contribution in [2.24, 2.45) is 0 Å². The van der Waals surface area contributed by atoms with Crippen LogP contribution in [0.4, 0.5) is 10.5 Å². The van der Waals surface area contributed by atoms with Crippen molar-refractivity contribution in [3.8, 4) is 17.3 Å². The molecule has 2 aromatic rings. The van der Waals surface area contributed by atoms with Gasteiger partial charge >= 0.3 is 6.09 Å². The van der Waals surface area contributed by atoms with E-state index in [1.807, 2.05) is 6.07 Å². The summed E-state index contributed by atoms with van der Waals surface area (Å²) in [4.78, 5) is 14.6. The number of hydrogen-bond donors (Lipinski definition) is 2. The molecule has 0 atom stereocenters. The Bertz CT molecular complexity index is 663. The predicted molar refractivity (Wildman–Crippen MR) is 71.0 cm³/mol. The van der Waals surface area contributed by atoms with E-state index in [1.165, 1.54) is 6.20 Å². The molecule has 0 spiro atoms. The summed E-state index contributed by atoms with van der Waals surface area (Å²) in [6.45, 7) is 0. The summed E-state index contributed by atoms with van der Waals surface area (Å²) in [6, 6.07) is 10.2. The van der Waals surface area contributed by atoms with Crippen molar-refractivity contribution in [1.82, 2.24) is 4.98 Å². The van der Waals surface area contributed by atoms with Gasteiger partial charge in [-0.05, 0) is 18.2 Å². The van der Waals surface area contributed by atoms with Crippen LogP contribution in [0.3, 0.4) is 0 Å². The number of pyridine rings is 1. The molecule has 0 fully saturated rings. The van der Waals surface area contributed by atoms with Crippen molar-refractivity contribution < 1.29 is 9.90 Å². The summed E-state index contributed by atoms with van der Waals surface area (Å²) < 4.78 is 0. The Morgan fingerprint density at radius 3 is 2.58 bits per heavy atom. The lowest BCUT2D eigenvalue weighted by molar-refractivity contribution is 0.210. The van der Waals surface area contributed by atoms with Gasteiger partial charge in [-0.1, -0.05) is 23.7 Å². The predicted octanol–water partition coefficient (Wildman–Crippen LogP) is 3.36. The Kier molecular flexibility index (Phi) is 3.64. The molecule has 0 aliphatic carbocycles. The van der Waals surface area contributed by atoms with E-state index in [0.29, 0.717) is 22.0 Å². The number of carbonyl (C=O) groups is 1. The first kappa shape index (κ1) is 12.9. The molecule has 0 unspecified atom stereocenters. The second kappa shape index (κ2) is 5.38. The minimum atomic E-state index is -1.12. The zero-order valence-electron chi connectivity index (χ0n) is 9.59. The number of carboxylic acid groups (broad SMARTS) is 1. The first-order chi connectivity index (χ1) is 9.10. The number of aromatic nitrogens is 1. The molecule has 2 rings (SSSR count). The summed E-state index contributed by atoms with van der Waals surface area (Å²) in [7, 11) is 0. The molecule has 19 heavy (non-hydrogen) atoms. The number of halogens is 1. The van der Waals surface area contributed by atoms with Crippen LogP contribution in [0.5, 0.6) is 0 Å². The number of amides is 1. The van der Waals surface area contributed by atoms with Crippen LogP contribution in [0.1, 0.15) is 5.56 Å². The van der Waals surface area contributed by atoms with E-state index >= 15 is 0 Å². The fraction of sp³-hybridized carbons (Fsp3) is 0. The first-order valence-electron chi connectivity index (χ1n) is 5.26. The van der Waals surface area contributed by atoms with Crippen molar-refractivity contribution >= 4 is 23.4 Å². The Morgan fingerprint density at radius 2 is 2.05 bits per heavy atom. The molecule has 0 bridgehead atoms. The minimum Gasteiger partial charge on any atom is -0.465 e. The fourth-order valence-corrected chi connectivity index (χ4v) is 1.71. The largest absolute Gasteiger partial charge is 0.465 e. The normalized spacial score (nSPS) is 9.68. The van der Waals surface area contributed by atoms with Crippen molar-refractivity contribution in [3.63, 3.8) is 0 Å². The first-order valence-corrected chi connectivity index (χ1v) is 5.64. The maximum atomic E-state index is 10.5. The second-order valence-electron chi connectivity index (χ2n) is 3.67. The smallest absolute Gasteiger partial charge is 0.409 e. The van der Waals surface area contributed by atoms with Crippen LogP contribution in [0.15, 0.2) is 36.5 Å². The number of hydrogen-bond acceptors (Lipinski definition) is 3. The van der Waals surface area contributed by atoms with Gasteiger partial charge in [0.05, 0.1) is 16.3 Å². The van der Waals surface area contributed by atoms with E-state index in [0.717, 1.165) is 5.56 Å². The Balaban J connectivity index is 2.30. The molecule has 1 heterocycles. The highest BCUT2D eigenvalue weighted by atomic mass is 35.5. The van der Waals surface area contributed by atoms with E-state index in [2.05, 4.69) is 10.3 Å².